The van der Waals surface area contributed by atoms with Gasteiger partial charge in [0.1, 0.15) is 6.04 Å². The molecule has 1 aromatic rings. The van der Waals surface area contributed by atoms with E-state index in [1.54, 1.807) is 10.9 Å². The summed E-state index contributed by atoms with van der Waals surface area (Å²) in [5.41, 5.74) is 0.0736. The van der Waals surface area contributed by atoms with Crippen LogP contribution < -0.4 is 0 Å². The number of aromatic nitrogens is 2. The lowest BCUT2D eigenvalue weighted by Gasteiger charge is -2.39. The van der Waals surface area contributed by atoms with E-state index in [-0.39, 0.29) is 17.6 Å². The highest BCUT2D eigenvalue weighted by molar-refractivity contribution is 5.80. The van der Waals surface area contributed by atoms with E-state index < -0.39 is 0 Å². The molecule has 110 valence electrons. The molecule has 2 fully saturated rings. The Labute approximate surface area is 119 Å². The molecule has 0 saturated carbocycles. The van der Waals surface area contributed by atoms with Crippen molar-refractivity contribution < 1.29 is 9.53 Å². The molecule has 0 bridgehead atoms. The summed E-state index contributed by atoms with van der Waals surface area (Å²) in [7, 11) is 0. The molecular weight excluding hydrogens is 254 g/mol. The Kier molecular flexibility index (Phi) is 3.78. The van der Waals surface area contributed by atoms with Crippen molar-refractivity contribution in [2.75, 3.05) is 19.7 Å². The lowest BCUT2D eigenvalue weighted by Crippen LogP contribution is -2.48. The number of hydrogen-bond donors (Lipinski definition) is 0. The minimum atomic E-state index is -0.163. The lowest BCUT2D eigenvalue weighted by molar-refractivity contribution is -0.140. The van der Waals surface area contributed by atoms with Crippen molar-refractivity contribution in [3.05, 3.63) is 18.5 Å². The SMILES string of the molecule is CC[C@H](C(=O)N1CCC2(CCCO2)CC1)n1cccn1. The molecule has 2 aliphatic rings. The number of rotatable bonds is 3. The Morgan fingerprint density at radius 1 is 1.40 bits per heavy atom. The number of carbonyl (C=O) groups excluding carboxylic acids is 1. The van der Waals surface area contributed by atoms with E-state index in [1.807, 2.05) is 24.1 Å². The van der Waals surface area contributed by atoms with Gasteiger partial charge in [-0.2, -0.15) is 5.10 Å². The van der Waals surface area contributed by atoms with E-state index in [4.69, 9.17) is 4.74 Å². The van der Waals surface area contributed by atoms with Crippen molar-refractivity contribution >= 4 is 5.91 Å². The lowest BCUT2D eigenvalue weighted by atomic mass is 9.88. The van der Waals surface area contributed by atoms with Gasteiger partial charge in [-0.25, -0.2) is 0 Å². The van der Waals surface area contributed by atoms with E-state index in [2.05, 4.69) is 5.10 Å². The van der Waals surface area contributed by atoms with E-state index in [0.717, 1.165) is 45.4 Å². The van der Waals surface area contributed by atoms with Crippen LogP contribution in [0.3, 0.4) is 0 Å². The molecular formula is C15H23N3O2. The highest BCUT2D eigenvalue weighted by Gasteiger charge is 2.40. The zero-order valence-electron chi connectivity index (χ0n) is 12.1. The monoisotopic (exact) mass is 277 g/mol. The fourth-order valence-electron chi connectivity index (χ4n) is 3.43. The first-order valence-electron chi connectivity index (χ1n) is 7.66. The van der Waals surface area contributed by atoms with Crippen LogP contribution in [0.25, 0.3) is 0 Å². The molecule has 2 aliphatic heterocycles. The molecule has 20 heavy (non-hydrogen) atoms. The summed E-state index contributed by atoms with van der Waals surface area (Å²) in [6.07, 6.45) is 8.66. The number of hydrogen-bond acceptors (Lipinski definition) is 3. The van der Waals surface area contributed by atoms with Crippen molar-refractivity contribution in [1.82, 2.24) is 14.7 Å². The predicted molar refractivity (Wildman–Crippen MR) is 75.3 cm³/mol. The van der Waals surface area contributed by atoms with Crippen LogP contribution in [0.4, 0.5) is 0 Å². The fourth-order valence-corrected chi connectivity index (χ4v) is 3.43. The molecule has 5 nitrogen and oxygen atoms in total. The molecule has 0 unspecified atom stereocenters. The Bertz CT molecular complexity index is 442. The van der Waals surface area contributed by atoms with Gasteiger partial charge in [0.15, 0.2) is 0 Å². The maximum atomic E-state index is 12.7. The van der Waals surface area contributed by atoms with Crippen molar-refractivity contribution in [2.24, 2.45) is 0 Å². The van der Waals surface area contributed by atoms with Crippen molar-refractivity contribution in [1.29, 1.82) is 0 Å². The van der Waals surface area contributed by atoms with E-state index >= 15 is 0 Å². The van der Waals surface area contributed by atoms with Gasteiger partial charge in [0, 0.05) is 32.1 Å². The molecule has 0 N–H and O–H groups in total. The second-order valence-corrected chi connectivity index (χ2v) is 5.87. The zero-order valence-corrected chi connectivity index (χ0v) is 12.1. The van der Waals surface area contributed by atoms with Crippen LogP contribution in [0.1, 0.15) is 45.1 Å². The molecule has 5 heteroatoms. The van der Waals surface area contributed by atoms with Gasteiger partial charge < -0.3 is 9.64 Å². The van der Waals surface area contributed by atoms with Crippen LogP contribution in [0.15, 0.2) is 18.5 Å². The summed E-state index contributed by atoms with van der Waals surface area (Å²) in [5, 5.41) is 4.22. The number of nitrogens with zero attached hydrogens (tertiary/aromatic N) is 3. The zero-order chi connectivity index (χ0) is 14.0. The van der Waals surface area contributed by atoms with Crippen LogP contribution in [0, 0.1) is 0 Å². The third kappa shape index (κ3) is 2.46. The van der Waals surface area contributed by atoms with Crippen LogP contribution >= 0.6 is 0 Å². The molecule has 1 spiro atoms. The number of amides is 1. The first-order chi connectivity index (χ1) is 9.74. The molecule has 0 aromatic carbocycles. The predicted octanol–water partition coefficient (Wildman–Crippen LogP) is 2.01. The number of piperidine rings is 1. The molecule has 1 aromatic heterocycles. The minimum Gasteiger partial charge on any atom is -0.375 e. The van der Waals surface area contributed by atoms with Gasteiger partial charge in [0.2, 0.25) is 5.91 Å². The second kappa shape index (κ2) is 5.56. The topological polar surface area (TPSA) is 47.4 Å². The highest BCUT2D eigenvalue weighted by atomic mass is 16.5. The van der Waals surface area contributed by atoms with Gasteiger partial charge in [-0.1, -0.05) is 6.92 Å². The van der Waals surface area contributed by atoms with Crippen molar-refractivity contribution in [3.8, 4) is 0 Å². The number of ether oxygens (including phenoxy) is 1. The molecule has 3 heterocycles. The average Bonchev–Trinajstić information content (AvgIpc) is 3.13. The first-order valence-corrected chi connectivity index (χ1v) is 7.66. The van der Waals surface area contributed by atoms with E-state index in [0.29, 0.717) is 0 Å². The number of carbonyl (C=O) groups is 1. The Balaban J connectivity index is 1.63. The summed E-state index contributed by atoms with van der Waals surface area (Å²) in [6, 6.07) is 1.71. The van der Waals surface area contributed by atoms with Crippen LogP contribution in [0.5, 0.6) is 0 Å². The van der Waals surface area contributed by atoms with E-state index in [1.165, 1.54) is 6.42 Å². The first kappa shape index (κ1) is 13.6. The summed E-state index contributed by atoms with van der Waals surface area (Å²) in [4.78, 5) is 14.6. The Morgan fingerprint density at radius 3 is 2.75 bits per heavy atom. The number of likely N-dealkylation sites (tertiary alicyclic amines) is 1. The largest absolute Gasteiger partial charge is 0.375 e. The van der Waals surface area contributed by atoms with Crippen LogP contribution in [-0.2, 0) is 9.53 Å². The summed E-state index contributed by atoms with van der Waals surface area (Å²) in [6.45, 7) is 4.56. The molecule has 3 rings (SSSR count). The van der Waals surface area contributed by atoms with E-state index in [9.17, 15) is 4.79 Å². The Hall–Kier alpha value is -1.36. The summed E-state index contributed by atoms with van der Waals surface area (Å²) >= 11 is 0. The molecule has 2 saturated heterocycles. The standard InChI is InChI=1S/C15H23N3O2/c1-2-13(18-9-4-8-16-18)14(19)17-10-6-15(7-11-17)5-3-12-20-15/h4,8-9,13H,2-3,5-7,10-12H2,1H3/t13-/m1/s1. The quantitative estimate of drug-likeness (QED) is 0.849. The smallest absolute Gasteiger partial charge is 0.247 e. The fraction of sp³-hybridized carbons (Fsp3) is 0.733. The van der Waals surface area contributed by atoms with Gasteiger partial charge >= 0.3 is 0 Å². The van der Waals surface area contributed by atoms with Crippen molar-refractivity contribution in [2.45, 2.75) is 50.7 Å². The van der Waals surface area contributed by atoms with Gasteiger partial charge in [-0.15, -0.1) is 0 Å². The second-order valence-electron chi connectivity index (χ2n) is 5.87. The minimum absolute atomic E-state index is 0.0736. The van der Waals surface area contributed by atoms with Crippen LogP contribution in [0.2, 0.25) is 0 Å². The van der Waals surface area contributed by atoms with Crippen LogP contribution in [-0.4, -0.2) is 45.9 Å². The molecule has 0 aliphatic carbocycles. The maximum Gasteiger partial charge on any atom is 0.247 e. The van der Waals surface area contributed by atoms with Gasteiger partial charge in [0.25, 0.3) is 0 Å². The maximum absolute atomic E-state index is 12.7. The third-order valence-corrected chi connectivity index (χ3v) is 4.69. The molecule has 1 atom stereocenters. The van der Waals surface area contributed by atoms with Crippen molar-refractivity contribution in [3.63, 3.8) is 0 Å². The van der Waals surface area contributed by atoms with Gasteiger partial charge in [-0.3, -0.25) is 9.48 Å². The summed E-state index contributed by atoms with van der Waals surface area (Å²) in [5.74, 6) is 0.198. The average molecular weight is 277 g/mol. The molecule has 1 amide bonds. The van der Waals surface area contributed by atoms with Gasteiger partial charge in [-0.05, 0) is 38.2 Å². The normalized spacial score (nSPS) is 23.1. The highest BCUT2D eigenvalue weighted by Crippen LogP contribution is 2.36. The Morgan fingerprint density at radius 2 is 2.20 bits per heavy atom. The third-order valence-electron chi connectivity index (χ3n) is 4.69. The summed E-state index contributed by atoms with van der Waals surface area (Å²) < 4.78 is 7.69. The van der Waals surface area contributed by atoms with Gasteiger partial charge in [0.05, 0.1) is 5.60 Å². The molecule has 0 radical (unpaired) electrons.